The summed E-state index contributed by atoms with van der Waals surface area (Å²) in [6, 6.07) is 3.69. The number of hydrogen-bond acceptors (Lipinski definition) is 5. The summed E-state index contributed by atoms with van der Waals surface area (Å²) in [5.74, 6) is 1.35. The summed E-state index contributed by atoms with van der Waals surface area (Å²) in [6.07, 6.45) is 2.39. The molecule has 3 rings (SSSR count). The van der Waals surface area contributed by atoms with Crippen molar-refractivity contribution in [3.05, 3.63) is 45.8 Å². The Morgan fingerprint density at radius 1 is 1.43 bits per heavy atom. The van der Waals surface area contributed by atoms with E-state index in [1.54, 1.807) is 6.26 Å². The lowest BCUT2D eigenvalue weighted by Gasteiger charge is -2.09. The third-order valence-corrected chi connectivity index (χ3v) is 3.57. The summed E-state index contributed by atoms with van der Waals surface area (Å²) in [6.45, 7) is 7.04. The Labute approximate surface area is 136 Å². The van der Waals surface area contributed by atoms with E-state index >= 15 is 0 Å². The normalized spacial score (nSPS) is 12.3. The molecule has 0 unspecified atom stereocenters. The first kappa shape index (κ1) is 17.1. The van der Waals surface area contributed by atoms with Crippen molar-refractivity contribution in [3.63, 3.8) is 0 Å². The van der Waals surface area contributed by atoms with E-state index in [1.807, 2.05) is 40.2 Å². The summed E-state index contributed by atoms with van der Waals surface area (Å²) in [7, 11) is 2.03. The SMILES string of the molecule is CC.CC1=C(CCN)[B]c2c(NCc3ccco3)nc(=O)[nH]c21. The van der Waals surface area contributed by atoms with Crippen molar-refractivity contribution in [2.24, 2.45) is 5.73 Å². The number of H-pyrrole nitrogens is 1. The van der Waals surface area contributed by atoms with Crippen molar-refractivity contribution in [1.82, 2.24) is 9.97 Å². The predicted molar refractivity (Wildman–Crippen MR) is 93.9 cm³/mol. The maximum atomic E-state index is 11.7. The third kappa shape index (κ3) is 3.74. The smallest absolute Gasteiger partial charge is 0.347 e. The molecular weight excluding hydrogens is 291 g/mol. The number of nitrogens with zero attached hydrogens (tertiary/aromatic N) is 1. The summed E-state index contributed by atoms with van der Waals surface area (Å²) in [5, 5.41) is 3.16. The topological polar surface area (TPSA) is 96.9 Å². The number of hydrogen-bond donors (Lipinski definition) is 3. The maximum absolute atomic E-state index is 11.7. The molecule has 1 aliphatic rings. The molecule has 0 atom stereocenters. The average Bonchev–Trinajstić information content (AvgIpc) is 3.18. The number of nitrogens with one attached hydrogen (secondary N) is 2. The number of aromatic amines is 1. The molecule has 2 aromatic heterocycles. The van der Waals surface area contributed by atoms with Crippen molar-refractivity contribution in [2.75, 3.05) is 11.9 Å². The van der Waals surface area contributed by atoms with E-state index in [0.29, 0.717) is 18.9 Å². The lowest BCUT2D eigenvalue weighted by Crippen LogP contribution is -2.28. The molecule has 0 spiro atoms. The Morgan fingerprint density at radius 2 is 2.22 bits per heavy atom. The van der Waals surface area contributed by atoms with Gasteiger partial charge in [-0.15, -0.1) is 0 Å². The molecule has 0 amide bonds. The third-order valence-electron chi connectivity index (χ3n) is 3.57. The number of furan rings is 1. The van der Waals surface area contributed by atoms with Gasteiger partial charge in [0.05, 0.1) is 12.8 Å². The summed E-state index contributed by atoms with van der Waals surface area (Å²) in [4.78, 5) is 18.5. The van der Waals surface area contributed by atoms with Gasteiger partial charge in [-0.05, 0) is 43.1 Å². The zero-order valence-corrected chi connectivity index (χ0v) is 13.8. The van der Waals surface area contributed by atoms with Crippen LogP contribution < -0.4 is 22.2 Å². The highest BCUT2D eigenvalue weighted by Crippen LogP contribution is 2.23. The van der Waals surface area contributed by atoms with Gasteiger partial charge in [-0.3, -0.25) is 0 Å². The average molecular weight is 313 g/mol. The van der Waals surface area contributed by atoms with Crippen molar-refractivity contribution in [3.8, 4) is 0 Å². The molecule has 1 radical (unpaired) electrons. The quantitative estimate of drug-likeness (QED) is 0.726. The zero-order chi connectivity index (χ0) is 16.8. The van der Waals surface area contributed by atoms with E-state index in [9.17, 15) is 4.79 Å². The first-order valence-corrected chi connectivity index (χ1v) is 7.84. The second-order valence-corrected chi connectivity index (χ2v) is 4.95. The molecule has 7 heteroatoms. The minimum absolute atomic E-state index is 0.363. The number of fused-ring (bicyclic) bond motifs is 1. The second kappa shape index (κ2) is 7.83. The van der Waals surface area contributed by atoms with Crippen LogP contribution in [0.15, 0.2) is 33.1 Å². The molecule has 2 aromatic rings. The molecule has 0 saturated carbocycles. The van der Waals surface area contributed by atoms with Gasteiger partial charge in [-0.25, -0.2) is 4.79 Å². The van der Waals surface area contributed by atoms with E-state index in [1.165, 1.54) is 0 Å². The molecule has 0 aromatic carbocycles. The molecule has 23 heavy (non-hydrogen) atoms. The Morgan fingerprint density at radius 3 is 2.87 bits per heavy atom. The molecule has 0 saturated heterocycles. The number of nitrogens with two attached hydrogens (primary N) is 1. The molecule has 0 aliphatic carbocycles. The van der Waals surface area contributed by atoms with Gasteiger partial charge in [0.25, 0.3) is 0 Å². The number of anilines is 1. The van der Waals surface area contributed by atoms with Gasteiger partial charge in [0.1, 0.15) is 11.6 Å². The largest absolute Gasteiger partial charge is 0.467 e. The van der Waals surface area contributed by atoms with Crippen LogP contribution in [0.3, 0.4) is 0 Å². The number of allylic oxidation sites excluding steroid dienone is 1. The summed E-state index contributed by atoms with van der Waals surface area (Å²) < 4.78 is 5.27. The van der Waals surface area contributed by atoms with E-state index in [-0.39, 0.29) is 5.69 Å². The highest BCUT2D eigenvalue weighted by Gasteiger charge is 2.24. The van der Waals surface area contributed by atoms with Crippen molar-refractivity contribution in [2.45, 2.75) is 33.7 Å². The van der Waals surface area contributed by atoms with Gasteiger partial charge in [-0.1, -0.05) is 19.3 Å². The Balaban J connectivity index is 0.000000924. The first-order valence-electron chi connectivity index (χ1n) is 7.84. The fourth-order valence-electron chi connectivity index (χ4n) is 2.50. The van der Waals surface area contributed by atoms with Crippen LogP contribution >= 0.6 is 0 Å². The standard InChI is InChI=1S/C14H16BN4O2.C2H6/c1-8-10(4-5-16)15-11-12(8)18-14(20)19-13(11)17-7-9-3-2-6-21-9;1-2/h2-3,6H,4-5,7,16H2,1H3,(H2,17,18,19,20);1-2H3. The second-order valence-electron chi connectivity index (χ2n) is 4.95. The van der Waals surface area contributed by atoms with Crippen LogP contribution in [0, 0.1) is 0 Å². The number of aromatic nitrogens is 2. The molecule has 3 heterocycles. The van der Waals surface area contributed by atoms with Gasteiger partial charge >= 0.3 is 5.69 Å². The predicted octanol–water partition coefficient (Wildman–Crippen LogP) is 1.42. The van der Waals surface area contributed by atoms with Gasteiger partial charge < -0.3 is 20.5 Å². The van der Waals surface area contributed by atoms with E-state index < -0.39 is 0 Å². The minimum Gasteiger partial charge on any atom is -0.467 e. The fourth-order valence-corrected chi connectivity index (χ4v) is 2.50. The first-order chi connectivity index (χ1) is 11.2. The Kier molecular flexibility index (Phi) is 5.81. The Hall–Kier alpha value is -2.28. The lowest BCUT2D eigenvalue weighted by molar-refractivity contribution is 0.518. The van der Waals surface area contributed by atoms with Crippen molar-refractivity contribution < 1.29 is 4.42 Å². The molecule has 6 nitrogen and oxygen atoms in total. The van der Waals surface area contributed by atoms with Crippen LogP contribution in [0.2, 0.25) is 0 Å². The highest BCUT2D eigenvalue weighted by molar-refractivity contribution is 6.67. The maximum Gasteiger partial charge on any atom is 0.347 e. The Bertz CT molecular complexity index is 735. The van der Waals surface area contributed by atoms with Crippen molar-refractivity contribution in [1.29, 1.82) is 0 Å². The summed E-state index contributed by atoms with van der Waals surface area (Å²) in [5.41, 5.74) is 9.18. The van der Waals surface area contributed by atoms with E-state index in [4.69, 9.17) is 10.2 Å². The van der Waals surface area contributed by atoms with Crippen molar-refractivity contribution >= 4 is 24.1 Å². The number of rotatable bonds is 5. The molecule has 121 valence electrons. The van der Waals surface area contributed by atoms with Crippen LogP contribution in [0.5, 0.6) is 0 Å². The van der Waals surface area contributed by atoms with Crippen LogP contribution in [-0.4, -0.2) is 23.8 Å². The fraction of sp³-hybridized carbons (Fsp3) is 0.375. The molecule has 1 aliphatic heterocycles. The van der Waals surface area contributed by atoms with Crippen LogP contribution in [-0.2, 0) is 6.54 Å². The molecule has 4 N–H and O–H groups in total. The summed E-state index contributed by atoms with van der Waals surface area (Å²) >= 11 is 0. The minimum atomic E-state index is -0.363. The molecule has 0 bridgehead atoms. The zero-order valence-electron chi connectivity index (χ0n) is 13.8. The highest BCUT2D eigenvalue weighted by atomic mass is 16.3. The van der Waals surface area contributed by atoms with Crippen LogP contribution in [0.4, 0.5) is 5.82 Å². The monoisotopic (exact) mass is 313 g/mol. The van der Waals surface area contributed by atoms with E-state index in [0.717, 1.165) is 34.4 Å². The van der Waals surface area contributed by atoms with Gasteiger partial charge in [0.15, 0.2) is 7.28 Å². The molecule has 0 fully saturated rings. The molecular formula is C16H22BN4O2. The lowest BCUT2D eigenvalue weighted by atomic mass is 9.65. The van der Waals surface area contributed by atoms with Crippen LogP contribution in [0.1, 0.15) is 38.6 Å². The van der Waals surface area contributed by atoms with Gasteiger partial charge in [-0.2, -0.15) is 4.98 Å². The van der Waals surface area contributed by atoms with E-state index in [2.05, 4.69) is 15.3 Å². The van der Waals surface area contributed by atoms with Crippen LogP contribution in [0.25, 0.3) is 5.57 Å². The van der Waals surface area contributed by atoms with Gasteiger partial charge in [0, 0.05) is 5.69 Å². The van der Waals surface area contributed by atoms with Gasteiger partial charge in [0.2, 0.25) is 0 Å².